The molecule has 0 radical (unpaired) electrons. The Morgan fingerprint density at radius 3 is 2.68 bits per heavy atom. The minimum absolute atomic E-state index is 0.00808. The van der Waals surface area contributed by atoms with Gasteiger partial charge in [-0.2, -0.15) is 0 Å². The summed E-state index contributed by atoms with van der Waals surface area (Å²) in [6.45, 7) is 2.36. The second kappa shape index (κ2) is 6.35. The summed E-state index contributed by atoms with van der Waals surface area (Å²) in [6.07, 6.45) is 5.96. The zero-order valence-electron chi connectivity index (χ0n) is 11.3. The Morgan fingerprint density at radius 1 is 1.42 bits per heavy atom. The van der Waals surface area contributed by atoms with E-state index < -0.39 is 10.0 Å². The van der Waals surface area contributed by atoms with Crippen LogP contribution in [0.25, 0.3) is 0 Å². The quantitative estimate of drug-likeness (QED) is 0.877. The lowest BCUT2D eigenvalue weighted by atomic mass is 9.85. The van der Waals surface area contributed by atoms with E-state index >= 15 is 0 Å². The molecule has 0 spiro atoms. The lowest BCUT2D eigenvalue weighted by Gasteiger charge is -2.27. The molecule has 1 heterocycles. The number of rotatable bonds is 5. The van der Waals surface area contributed by atoms with E-state index in [0.29, 0.717) is 16.7 Å². The second-order valence-corrected chi connectivity index (χ2v) is 8.14. The maximum Gasteiger partial charge on any atom is 0.250 e. The molecule has 0 aliphatic heterocycles. The molecule has 4 nitrogen and oxygen atoms in total. The molecular weight excluding hydrogens is 280 g/mol. The molecule has 1 atom stereocenters. The highest BCUT2D eigenvalue weighted by molar-refractivity contribution is 7.91. The molecule has 3 N–H and O–H groups in total. The van der Waals surface area contributed by atoms with Gasteiger partial charge in [0.05, 0.1) is 0 Å². The lowest BCUT2D eigenvalue weighted by molar-refractivity contribution is 0.303. The minimum Gasteiger partial charge on any atom is -0.326 e. The van der Waals surface area contributed by atoms with Gasteiger partial charge in [0.1, 0.15) is 4.21 Å². The van der Waals surface area contributed by atoms with Gasteiger partial charge in [-0.3, -0.25) is 0 Å². The first-order valence-corrected chi connectivity index (χ1v) is 9.19. The maximum absolute atomic E-state index is 12.3. The van der Waals surface area contributed by atoms with Crippen molar-refractivity contribution in [3.05, 3.63) is 17.0 Å². The summed E-state index contributed by atoms with van der Waals surface area (Å²) in [5, 5.41) is 1.81. The van der Waals surface area contributed by atoms with E-state index in [1.54, 1.807) is 11.4 Å². The molecule has 1 saturated carbocycles. The monoisotopic (exact) mass is 302 g/mol. The molecule has 19 heavy (non-hydrogen) atoms. The Balaban J connectivity index is 2.03. The van der Waals surface area contributed by atoms with Crippen LogP contribution in [0.3, 0.4) is 0 Å². The first-order chi connectivity index (χ1) is 9.03. The van der Waals surface area contributed by atoms with Crippen LogP contribution in [-0.4, -0.2) is 14.5 Å². The summed E-state index contributed by atoms with van der Waals surface area (Å²) >= 11 is 1.24. The maximum atomic E-state index is 12.3. The molecule has 0 bridgehead atoms. The molecule has 1 aromatic heterocycles. The summed E-state index contributed by atoms with van der Waals surface area (Å²) in [5.74, 6) is 0.470. The van der Waals surface area contributed by atoms with Crippen LogP contribution in [0.5, 0.6) is 0 Å². The predicted octanol–water partition coefficient (Wildman–Crippen LogP) is 2.45. The summed E-state index contributed by atoms with van der Waals surface area (Å²) in [7, 11) is -3.39. The van der Waals surface area contributed by atoms with Crippen LogP contribution in [0.1, 0.15) is 44.6 Å². The van der Waals surface area contributed by atoms with E-state index in [1.807, 2.05) is 6.92 Å². The van der Waals surface area contributed by atoms with Crippen LogP contribution in [0, 0.1) is 5.92 Å². The normalized spacial score (nSPS) is 19.5. The van der Waals surface area contributed by atoms with Gasteiger partial charge in [0.25, 0.3) is 0 Å². The van der Waals surface area contributed by atoms with E-state index in [2.05, 4.69) is 4.72 Å². The van der Waals surface area contributed by atoms with E-state index in [-0.39, 0.29) is 6.04 Å². The molecular formula is C13H22N2O2S2. The van der Waals surface area contributed by atoms with Crippen molar-refractivity contribution >= 4 is 21.4 Å². The van der Waals surface area contributed by atoms with Crippen molar-refractivity contribution in [1.29, 1.82) is 0 Å². The molecule has 1 fully saturated rings. The van der Waals surface area contributed by atoms with Crippen molar-refractivity contribution in [2.45, 2.75) is 55.8 Å². The van der Waals surface area contributed by atoms with Gasteiger partial charge in [0.2, 0.25) is 10.0 Å². The fraction of sp³-hybridized carbons (Fsp3) is 0.692. The highest BCUT2D eigenvalue weighted by Crippen LogP contribution is 2.28. The zero-order chi connectivity index (χ0) is 13.9. The Hall–Kier alpha value is -0.430. The van der Waals surface area contributed by atoms with Gasteiger partial charge in [0.15, 0.2) is 0 Å². The lowest BCUT2D eigenvalue weighted by Crippen LogP contribution is -2.38. The molecule has 108 valence electrons. The molecule has 1 aliphatic rings. The number of hydrogen-bond donors (Lipinski definition) is 2. The third-order valence-electron chi connectivity index (χ3n) is 3.83. The molecule has 6 heteroatoms. The van der Waals surface area contributed by atoms with Gasteiger partial charge in [-0.1, -0.05) is 19.3 Å². The van der Waals surface area contributed by atoms with E-state index in [4.69, 9.17) is 5.73 Å². The molecule has 2 rings (SSSR count). The Bertz CT molecular complexity index is 504. The van der Waals surface area contributed by atoms with Crippen molar-refractivity contribution in [3.63, 3.8) is 0 Å². The summed E-state index contributed by atoms with van der Waals surface area (Å²) in [4.78, 5) is 0. The Labute approximate surface area is 119 Å². The van der Waals surface area contributed by atoms with Crippen molar-refractivity contribution < 1.29 is 8.42 Å². The smallest absolute Gasteiger partial charge is 0.250 e. The van der Waals surface area contributed by atoms with Crippen molar-refractivity contribution in [1.82, 2.24) is 4.72 Å². The topological polar surface area (TPSA) is 72.2 Å². The fourth-order valence-electron chi connectivity index (χ4n) is 2.63. The number of nitrogens with two attached hydrogens (primary N) is 1. The van der Waals surface area contributed by atoms with Crippen LogP contribution in [0.2, 0.25) is 0 Å². The first kappa shape index (κ1) is 15.0. The Morgan fingerprint density at radius 2 is 2.11 bits per heavy atom. The van der Waals surface area contributed by atoms with Gasteiger partial charge < -0.3 is 5.73 Å². The van der Waals surface area contributed by atoms with Crippen molar-refractivity contribution in [2.24, 2.45) is 11.7 Å². The first-order valence-electron chi connectivity index (χ1n) is 6.83. The van der Waals surface area contributed by atoms with Crippen LogP contribution in [0.15, 0.2) is 15.7 Å². The van der Waals surface area contributed by atoms with Gasteiger partial charge in [-0.05, 0) is 42.7 Å². The van der Waals surface area contributed by atoms with Crippen LogP contribution in [-0.2, 0) is 16.6 Å². The van der Waals surface area contributed by atoms with Crippen molar-refractivity contribution in [3.8, 4) is 0 Å². The average molecular weight is 302 g/mol. The van der Waals surface area contributed by atoms with Crippen molar-refractivity contribution in [2.75, 3.05) is 0 Å². The average Bonchev–Trinajstić information content (AvgIpc) is 2.89. The van der Waals surface area contributed by atoms with Crippen LogP contribution in [0.4, 0.5) is 0 Å². The standard InChI is InChI=1S/C13H22N2O2S2/c1-10(12-5-3-2-4-6-12)15-19(16,17)13-7-11(8-14)9-18-13/h7,9-10,12,15H,2-6,8,14H2,1H3. The summed E-state index contributed by atoms with van der Waals surface area (Å²) in [5.41, 5.74) is 6.39. The molecule has 0 amide bonds. The minimum atomic E-state index is -3.39. The van der Waals surface area contributed by atoms with Gasteiger partial charge in [-0.25, -0.2) is 13.1 Å². The van der Waals surface area contributed by atoms with E-state index in [9.17, 15) is 8.42 Å². The third kappa shape index (κ3) is 3.78. The highest BCUT2D eigenvalue weighted by atomic mass is 32.2. The second-order valence-electron chi connectivity index (χ2n) is 5.29. The SMILES string of the molecule is CC(NS(=O)(=O)c1cc(CN)cs1)C1CCCCC1. The number of sulfonamides is 1. The predicted molar refractivity (Wildman–Crippen MR) is 78.6 cm³/mol. The van der Waals surface area contributed by atoms with Gasteiger partial charge in [-0.15, -0.1) is 11.3 Å². The molecule has 0 aromatic carbocycles. The fourth-order valence-corrected chi connectivity index (χ4v) is 5.19. The van der Waals surface area contributed by atoms with Crippen LogP contribution < -0.4 is 10.5 Å². The largest absolute Gasteiger partial charge is 0.326 e. The van der Waals surface area contributed by atoms with Gasteiger partial charge >= 0.3 is 0 Å². The molecule has 0 saturated heterocycles. The zero-order valence-corrected chi connectivity index (χ0v) is 12.9. The number of nitrogens with one attached hydrogen (secondary N) is 1. The molecule has 1 aliphatic carbocycles. The molecule has 1 unspecified atom stereocenters. The third-order valence-corrected chi connectivity index (χ3v) is 6.88. The number of thiophene rings is 1. The Kier molecular flexibility index (Phi) is 5.00. The highest BCUT2D eigenvalue weighted by Gasteiger charge is 2.25. The molecule has 1 aromatic rings. The van der Waals surface area contributed by atoms with E-state index in [0.717, 1.165) is 18.4 Å². The summed E-state index contributed by atoms with van der Waals surface area (Å²) < 4.78 is 27.7. The summed E-state index contributed by atoms with van der Waals surface area (Å²) in [6, 6.07) is 1.68. The van der Waals surface area contributed by atoms with Crippen LogP contribution >= 0.6 is 11.3 Å². The number of hydrogen-bond acceptors (Lipinski definition) is 4. The van der Waals surface area contributed by atoms with E-state index in [1.165, 1.54) is 30.6 Å². The van der Waals surface area contributed by atoms with Gasteiger partial charge in [0, 0.05) is 12.6 Å².